The van der Waals surface area contributed by atoms with Crippen LogP contribution in [0.5, 0.6) is 0 Å². The summed E-state index contributed by atoms with van der Waals surface area (Å²) in [6, 6.07) is 1.31. The summed E-state index contributed by atoms with van der Waals surface area (Å²) in [5.41, 5.74) is 0. The number of carbonyl (C=O) groups is 1. The highest BCUT2D eigenvalue weighted by Gasteiger charge is 2.24. The third-order valence-electron chi connectivity index (χ3n) is 3.59. The summed E-state index contributed by atoms with van der Waals surface area (Å²) in [6.07, 6.45) is 4.41. The van der Waals surface area contributed by atoms with Crippen LogP contribution < -0.4 is 10.2 Å². The molecule has 0 aliphatic carbocycles. The van der Waals surface area contributed by atoms with Crippen LogP contribution in [0.3, 0.4) is 0 Å². The molecule has 1 aromatic rings. The molecule has 0 aromatic carbocycles. The largest absolute Gasteiger partial charge is 0.480 e. The molecule has 1 unspecified atom stereocenters. The molecule has 0 saturated carbocycles. The Morgan fingerprint density at radius 3 is 2.57 bits per heavy atom. The Balaban J connectivity index is 1.81. The van der Waals surface area contributed by atoms with Gasteiger partial charge in [-0.25, -0.2) is 9.97 Å². The minimum atomic E-state index is -0.780. The monoisotopic (exact) mass is 293 g/mol. The van der Waals surface area contributed by atoms with Crippen LogP contribution in [0.1, 0.15) is 13.3 Å². The van der Waals surface area contributed by atoms with Crippen LogP contribution in [0.2, 0.25) is 0 Å². The average molecular weight is 293 g/mol. The molecule has 2 rings (SSSR count). The van der Waals surface area contributed by atoms with Gasteiger partial charge in [0.15, 0.2) is 0 Å². The number of hydrogen-bond acceptors (Lipinski definition) is 6. The van der Waals surface area contributed by atoms with E-state index in [0.717, 1.165) is 45.1 Å². The van der Waals surface area contributed by atoms with E-state index in [1.807, 2.05) is 6.92 Å². The smallest absolute Gasteiger partial charge is 0.322 e. The van der Waals surface area contributed by atoms with Crippen molar-refractivity contribution < 1.29 is 9.90 Å². The molecule has 0 bridgehead atoms. The van der Waals surface area contributed by atoms with Crippen molar-refractivity contribution in [3.8, 4) is 0 Å². The Bertz CT molecular complexity index is 434. The maximum atomic E-state index is 11.2. The van der Waals surface area contributed by atoms with Gasteiger partial charge < -0.3 is 15.3 Å². The summed E-state index contributed by atoms with van der Waals surface area (Å²) in [5.74, 6) is -0.0340. The summed E-state index contributed by atoms with van der Waals surface area (Å²) in [4.78, 5) is 24.1. The molecule has 0 amide bonds. The Morgan fingerprint density at radius 2 is 2.00 bits per heavy atom. The number of carboxylic acid groups (broad SMARTS) is 1. The second-order valence-corrected chi connectivity index (χ2v) is 5.18. The maximum absolute atomic E-state index is 11.2. The summed E-state index contributed by atoms with van der Waals surface area (Å²) in [6.45, 7) is 6.61. The second kappa shape index (κ2) is 7.90. The van der Waals surface area contributed by atoms with Crippen molar-refractivity contribution in [2.24, 2.45) is 0 Å². The van der Waals surface area contributed by atoms with Gasteiger partial charge in [0, 0.05) is 45.1 Å². The quantitative estimate of drug-likeness (QED) is 0.735. The highest BCUT2D eigenvalue weighted by molar-refractivity contribution is 5.73. The standard InChI is InChI=1S/C14H23N5O2/c1-2-4-15-12(13(20)21)11-18-7-9-19(10-8-18)14-16-5-3-6-17-14/h3,5-6,12,15H,2,4,7-11H2,1H3,(H,20,21). The predicted molar refractivity (Wildman–Crippen MR) is 80.4 cm³/mol. The van der Waals surface area contributed by atoms with Gasteiger partial charge in [-0.15, -0.1) is 0 Å². The zero-order chi connectivity index (χ0) is 15.1. The number of hydrogen-bond donors (Lipinski definition) is 2. The minimum Gasteiger partial charge on any atom is -0.480 e. The van der Waals surface area contributed by atoms with E-state index in [0.29, 0.717) is 6.54 Å². The molecule has 1 aliphatic rings. The molecule has 1 aliphatic heterocycles. The fourth-order valence-corrected chi connectivity index (χ4v) is 2.39. The fourth-order valence-electron chi connectivity index (χ4n) is 2.39. The molecule has 1 atom stereocenters. The minimum absolute atomic E-state index is 0.496. The molecule has 7 nitrogen and oxygen atoms in total. The first-order chi connectivity index (χ1) is 10.2. The molecule has 116 valence electrons. The van der Waals surface area contributed by atoms with Gasteiger partial charge in [-0.2, -0.15) is 0 Å². The third-order valence-corrected chi connectivity index (χ3v) is 3.59. The zero-order valence-corrected chi connectivity index (χ0v) is 12.4. The lowest BCUT2D eigenvalue weighted by atomic mass is 10.2. The molecule has 2 heterocycles. The van der Waals surface area contributed by atoms with E-state index in [9.17, 15) is 9.90 Å². The lowest BCUT2D eigenvalue weighted by Gasteiger charge is -2.35. The third kappa shape index (κ3) is 4.64. The van der Waals surface area contributed by atoms with E-state index >= 15 is 0 Å². The van der Waals surface area contributed by atoms with Crippen molar-refractivity contribution in [1.29, 1.82) is 0 Å². The van der Waals surface area contributed by atoms with Crippen LogP contribution in [-0.4, -0.2) is 71.3 Å². The van der Waals surface area contributed by atoms with E-state index < -0.39 is 12.0 Å². The molecule has 1 saturated heterocycles. The van der Waals surface area contributed by atoms with E-state index in [1.165, 1.54) is 0 Å². The van der Waals surface area contributed by atoms with Crippen LogP contribution >= 0.6 is 0 Å². The Labute approximate surface area is 125 Å². The van der Waals surface area contributed by atoms with Crippen molar-refractivity contribution in [2.75, 3.05) is 44.2 Å². The summed E-state index contributed by atoms with van der Waals surface area (Å²) in [5, 5.41) is 12.3. The molecule has 7 heteroatoms. The van der Waals surface area contributed by atoms with Crippen LogP contribution in [0.15, 0.2) is 18.5 Å². The predicted octanol–water partition coefficient (Wildman–Crippen LogP) is 0.0514. The van der Waals surface area contributed by atoms with Gasteiger partial charge in [-0.05, 0) is 19.0 Å². The van der Waals surface area contributed by atoms with E-state index in [-0.39, 0.29) is 0 Å². The molecule has 21 heavy (non-hydrogen) atoms. The van der Waals surface area contributed by atoms with Gasteiger partial charge in [0.25, 0.3) is 0 Å². The number of rotatable bonds is 7. The number of anilines is 1. The summed E-state index contributed by atoms with van der Waals surface area (Å²) >= 11 is 0. The van der Waals surface area contributed by atoms with E-state index in [2.05, 4.69) is 25.1 Å². The SMILES string of the molecule is CCCNC(CN1CCN(c2ncccn2)CC1)C(=O)O. The first kappa shape index (κ1) is 15.7. The van der Waals surface area contributed by atoms with Gasteiger partial charge >= 0.3 is 5.97 Å². The molecular weight excluding hydrogens is 270 g/mol. The molecule has 0 radical (unpaired) electrons. The van der Waals surface area contributed by atoms with Crippen LogP contribution in [0.25, 0.3) is 0 Å². The number of nitrogens with zero attached hydrogens (tertiary/aromatic N) is 4. The Hall–Kier alpha value is -1.73. The molecule has 0 spiro atoms. The van der Waals surface area contributed by atoms with E-state index in [4.69, 9.17) is 0 Å². The highest BCUT2D eigenvalue weighted by Crippen LogP contribution is 2.09. The zero-order valence-electron chi connectivity index (χ0n) is 12.4. The lowest BCUT2D eigenvalue weighted by Crippen LogP contribution is -2.53. The molecule has 1 fully saturated rings. The van der Waals surface area contributed by atoms with Gasteiger partial charge in [0.05, 0.1) is 0 Å². The highest BCUT2D eigenvalue weighted by atomic mass is 16.4. The topological polar surface area (TPSA) is 81.6 Å². The van der Waals surface area contributed by atoms with Crippen molar-refractivity contribution in [2.45, 2.75) is 19.4 Å². The van der Waals surface area contributed by atoms with Crippen LogP contribution in [-0.2, 0) is 4.79 Å². The van der Waals surface area contributed by atoms with Crippen molar-refractivity contribution in [1.82, 2.24) is 20.2 Å². The Morgan fingerprint density at radius 1 is 1.33 bits per heavy atom. The number of piperazine rings is 1. The first-order valence-electron chi connectivity index (χ1n) is 7.41. The Kier molecular flexibility index (Phi) is 5.89. The number of nitrogens with one attached hydrogen (secondary N) is 1. The maximum Gasteiger partial charge on any atom is 0.322 e. The van der Waals surface area contributed by atoms with Gasteiger partial charge in [-0.3, -0.25) is 9.69 Å². The second-order valence-electron chi connectivity index (χ2n) is 5.18. The van der Waals surface area contributed by atoms with Gasteiger partial charge in [0.1, 0.15) is 6.04 Å². The average Bonchev–Trinajstić information content (AvgIpc) is 2.52. The van der Waals surface area contributed by atoms with Crippen molar-refractivity contribution in [3.05, 3.63) is 18.5 Å². The van der Waals surface area contributed by atoms with Crippen molar-refractivity contribution >= 4 is 11.9 Å². The number of carboxylic acids is 1. The summed E-state index contributed by atoms with van der Waals surface area (Å²) < 4.78 is 0. The number of aromatic nitrogens is 2. The first-order valence-corrected chi connectivity index (χ1v) is 7.41. The van der Waals surface area contributed by atoms with Gasteiger partial charge in [0.2, 0.25) is 5.95 Å². The molecular formula is C14H23N5O2. The van der Waals surface area contributed by atoms with E-state index in [1.54, 1.807) is 18.5 Å². The fraction of sp³-hybridized carbons (Fsp3) is 0.643. The van der Waals surface area contributed by atoms with Crippen LogP contribution in [0.4, 0.5) is 5.95 Å². The summed E-state index contributed by atoms with van der Waals surface area (Å²) in [7, 11) is 0. The molecule has 1 aromatic heterocycles. The number of aliphatic carboxylic acids is 1. The molecule has 2 N–H and O–H groups in total. The van der Waals surface area contributed by atoms with Crippen molar-refractivity contribution in [3.63, 3.8) is 0 Å². The lowest BCUT2D eigenvalue weighted by molar-refractivity contribution is -0.140. The van der Waals surface area contributed by atoms with Crippen LogP contribution in [0, 0.1) is 0 Å². The van der Waals surface area contributed by atoms with Gasteiger partial charge in [-0.1, -0.05) is 6.92 Å². The normalized spacial score (nSPS) is 17.7.